The van der Waals surface area contributed by atoms with Gasteiger partial charge >= 0.3 is 12.1 Å². The number of anilines is 1. The Labute approximate surface area is 267 Å². The van der Waals surface area contributed by atoms with E-state index in [0.717, 1.165) is 47.0 Å². The van der Waals surface area contributed by atoms with Gasteiger partial charge < -0.3 is 25.6 Å². The molecule has 1 unspecified atom stereocenters. The second kappa shape index (κ2) is 15.5. The molecule has 44 heavy (non-hydrogen) atoms. The molecule has 0 saturated carbocycles. The van der Waals surface area contributed by atoms with Gasteiger partial charge in [-0.3, -0.25) is 0 Å². The molecule has 0 aromatic heterocycles. The van der Waals surface area contributed by atoms with Crippen molar-refractivity contribution in [2.75, 3.05) is 18.4 Å². The molecule has 240 valence electrons. The molecule has 0 radical (unpaired) electrons. The standard InChI is InChI=1S/C33H47N5O4S2/c1-9-29(43-24(4)38-19-17-26(18-20-38)36-32(40)42-23(2)3)28-16-15-27(21-30(28)44(8,41)37-33(5,6)7)35-31(39)34-22-25-13-11-10-12-14-25/h9-16,21,23,26H,4,8,17-20,22H2,1-3,5-7H3,(H,36,40)(H,37,41)(H2,34,35,39)/b29-9-. The fourth-order valence-corrected chi connectivity index (χ4v) is 7.71. The molecule has 1 fully saturated rings. The third-order valence-electron chi connectivity index (χ3n) is 6.63. The van der Waals surface area contributed by atoms with Crippen LogP contribution in [0, 0.1) is 0 Å². The summed E-state index contributed by atoms with van der Waals surface area (Å²) in [6, 6.07) is 14.7. The number of carbonyl (C=O) groups excluding carboxylic acids is 2. The Hall–Kier alpha value is -3.41. The van der Waals surface area contributed by atoms with Gasteiger partial charge in [0.05, 0.1) is 25.7 Å². The molecule has 3 amide bonds. The van der Waals surface area contributed by atoms with Crippen LogP contribution in [0.4, 0.5) is 15.3 Å². The van der Waals surface area contributed by atoms with Crippen LogP contribution in [0.3, 0.4) is 0 Å². The number of urea groups is 1. The van der Waals surface area contributed by atoms with Crippen molar-refractivity contribution in [3.63, 3.8) is 0 Å². The van der Waals surface area contributed by atoms with Crippen molar-refractivity contribution >= 4 is 50.1 Å². The van der Waals surface area contributed by atoms with Crippen molar-refractivity contribution in [2.24, 2.45) is 0 Å². The van der Waals surface area contributed by atoms with Crippen LogP contribution in [0.25, 0.3) is 4.91 Å². The normalized spacial score (nSPS) is 15.8. The Balaban J connectivity index is 1.76. The number of thioether (sulfide) groups is 1. The highest BCUT2D eigenvalue weighted by atomic mass is 32.2. The smallest absolute Gasteiger partial charge is 0.407 e. The molecule has 2 aromatic rings. The number of carbonyl (C=O) groups is 2. The largest absolute Gasteiger partial charge is 0.447 e. The maximum atomic E-state index is 14.1. The van der Waals surface area contributed by atoms with Crippen molar-refractivity contribution < 1.29 is 18.5 Å². The van der Waals surface area contributed by atoms with Gasteiger partial charge in [-0.1, -0.05) is 60.8 Å². The summed E-state index contributed by atoms with van der Waals surface area (Å²) in [5.41, 5.74) is 1.77. The van der Waals surface area contributed by atoms with Gasteiger partial charge in [0.15, 0.2) is 0 Å². The fourth-order valence-electron chi connectivity index (χ4n) is 4.73. The maximum Gasteiger partial charge on any atom is 0.407 e. The average Bonchev–Trinajstić information content (AvgIpc) is 2.94. The van der Waals surface area contributed by atoms with E-state index in [-0.39, 0.29) is 24.3 Å². The van der Waals surface area contributed by atoms with Gasteiger partial charge in [-0.25, -0.2) is 18.5 Å². The lowest BCUT2D eigenvalue weighted by Gasteiger charge is -2.35. The molecule has 3 rings (SSSR count). The molecule has 2 aromatic carbocycles. The van der Waals surface area contributed by atoms with E-state index in [0.29, 0.717) is 17.1 Å². The number of rotatable bonds is 11. The van der Waals surface area contributed by atoms with Gasteiger partial charge in [0.1, 0.15) is 0 Å². The van der Waals surface area contributed by atoms with Gasteiger partial charge in [-0.05, 0) is 78.0 Å². The predicted octanol–water partition coefficient (Wildman–Crippen LogP) is 6.55. The second-order valence-corrected chi connectivity index (χ2v) is 15.1. The number of allylic oxidation sites excluding steroid dienone is 1. The highest BCUT2D eigenvalue weighted by Gasteiger charge is 2.25. The Morgan fingerprint density at radius 3 is 2.39 bits per heavy atom. The molecule has 0 aliphatic carbocycles. The van der Waals surface area contributed by atoms with Gasteiger partial charge in [-0.2, -0.15) is 0 Å². The summed E-state index contributed by atoms with van der Waals surface area (Å²) in [6.07, 6.45) is 2.97. The molecule has 0 bridgehead atoms. The monoisotopic (exact) mass is 641 g/mol. The zero-order valence-corrected chi connectivity index (χ0v) is 28.3. The third kappa shape index (κ3) is 10.9. The van der Waals surface area contributed by atoms with Crippen molar-refractivity contribution in [1.29, 1.82) is 0 Å². The van der Waals surface area contributed by atoms with Gasteiger partial charge in [-0.15, -0.1) is 0 Å². The lowest BCUT2D eigenvalue weighted by atomic mass is 10.1. The first kappa shape index (κ1) is 35.1. The van der Waals surface area contributed by atoms with Crippen LogP contribution in [0.15, 0.2) is 71.1 Å². The van der Waals surface area contributed by atoms with Gasteiger partial charge in [0.25, 0.3) is 0 Å². The number of nitrogens with zero attached hydrogens (tertiary/aromatic N) is 1. The van der Waals surface area contributed by atoms with Crippen molar-refractivity contribution in [2.45, 2.75) is 83.5 Å². The van der Waals surface area contributed by atoms with Crippen molar-refractivity contribution in [3.05, 3.63) is 77.3 Å². The molecule has 11 heteroatoms. The zero-order valence-electron chi connectivity index (χ0n) is 26.7. The minimum atomic E-state index is -2.98. The first-order valence-electron chi connectivity index (χ1n) is 14.8. The van der Waals surface area contributed by atoms with Gasteiger partial charge in [0, 0.05) is 47.4 Å². The van der Waals surface area contributed by atoms with Crippen LogP contribution in [0.2, 0.25) is 0 Å². The van der Waals surface area contributed by atoms with E-state index >= 15 is 0 Å². The Morgan fingerprint density at radius 2 is 1.80 bits per heavy atom. The molecule has 0 spiro atoms. The minimum Gasteiger partial charge on any atom is -0.447 e. The topological polar surface area (TPSA) is 112 Å². The predicted molar refractivity (Wildman–Crippen MR) is 185 cm³/mol. The summed E-state index contributed by atoms with van der Waals surface area (Å²) in [6.45, 7) is 17.6. The van der Waals surface area contributed by atoms with Crippen molar-refractivity contribution in [3.8, 4) is 0 Å². The lowest BCUT2D eigenvalue weighted by Crippen LogP contribution is -2.44. The van der Waals surface area contributed by atoms with E-state index in [2.05, 4.69) is 38.0 Å². The van der Waals surface area contributed by atoms with Crippen LogP contribution in [0.1, 0.15) is 65.5 Å². The summed E-state index contributed by atoms with van der Waals surface area (Å²) >= 11 is 1.50. The van der Waals surface area contributed by atoms with Crippen LogP contribution >= 0.6 is 11.8 Å². The summed E-state index contributed by atoms with van der Waals surface area (Å²) in [5.74, 6) is 4.09. The molecule has 9 nitrogen and oxygen atoms in total. The number of piperidine rings is 1. The molecule has 1 saturated heterocycles. The minimum absolute atomic E-state index is 0.0485. The van der Waals surface area contributed by atoms with Crippen LogP contribution in [-0.4, -0.2) is 57.9 Å². The van der Waals surface area contributed by atoms with E-state index in [4.69, 9.17) is 4.74 Å². The molecule has 1 aliphatic rings. The van der Waals surface area contributed by atoms with Crippen LogP contribution in [-0.2, 0) is 21.0 Å². The highest BCUT2D eigenvalue weighted by Crippen LogP contribution is 2.39. The average molecular weight is 642 g/mol. The maximum absolute atomic E-state index is 14.1. The fraction of sp³-hybridized carbons (Fsp3) is 0.424. The number of hydrogen-bond acceptors (Lipinski definition) is 6. The summed E-state index contributed by atoms with van der Waals surface area (Å²) < 4.78 is 22.5. The number of likely N-dealkylation sites (tertiary alicyclic amines) is 1. The van der Waals surface area contributed by atoms with Gasteiger partial charge in [0.2, 0.25) is 0 Å². The molecule has 4 N–H and O–H groups in total. The molecular formula is C33H47N5O4S2. The quantitative estimate of drug-likeness (QED) is 0.207. The number of alkyl carbamates (subject to hydrolysis) is 1. The number of hydrogen-bond donors (Lipinski definition) is 4. The Morgan fingerprint density at radius 1 is 1.14 bits per heavy atom. The molecular weight excluding hydrogens is 595 g/mol. The van der Waals surface area contributed by atoms with Crippen LogP contribution in [0.5, 0.6) is 0 Å². The SMILES string of the molecule is C=C(S/C(=C\C)c1ccc(NC(=O)NCc2ccccc2)cc1S(=C)(=O)NC(C)(C)C)N1CCC(NC(=O)OC(C)C)CC1. The number of ether oxygens (including phenoxy) is 1. The number of amides is 3. The van der Waals surface area contributed by atoms with Crippen molar-refractivity contribution in [1.82, 2.24) is 20.3 Å². The zero-order chi connectivity index (χ0) is 32.5. The van der Waals surface area contributed by atoms with E-state index < -0.39 is 15.2 Å². The highest BCUT2D eigenvalue weighted by molar-refractivity contribution is 8.11. The van der Waals surface area contributed by atoms with E-state index in [1.165, 1.54) is 11.8 Å². The van der Waals surface area contributed by atoms with E-state index in [9.17, 15) is 13.8 Å². The summed E-state index contributed by atoms with van der Waals surface area (Å²) in [5, 5.41) is 9.54. The van der Waals surface area contributed by atoms with E-state index in [1.54, 1.807) is 12.1 Å². The number of benzene rings is 2. The Kier molecular flexibility index (Phi) is 12.4. The third-order valence-corrected chi connectivity index (χ3v) is 9.79. The van der Waals surface area contributed by atoms with Crippen LogP contribution < -0.4 is 20.7 Å². The lowest BCUT2D eigenvalue weighted by molar-refractivity contribution is 0.108. The second-order valence-electron chi connectivity index (χ2n) is 12.0. The molecule has 1 heterocycles. The molecule has 1 aliphatic heterocycles. The Bertz CT molecular complexity index is 1440. The summed E-state index contributed by atoms with van der Waals surface area (Å²) in [7, 11) is -2.98. The first-order chi connectivity index (χ1) is 20.7. The first-order valence-corrected chi connectivity index (χ1v) is 17.4. The number of nitrogens with one attached hydrogen (secondary N) is 4. The molecule has 1 atom stereocenters. The summed E-state index contributed by atoms with van der Waals surface area (Å²) in [4.78, 5) is 28.3. The van der Waals surface area contributed by atoms with E-state index in [1.807, 2.05) is 84.0 Å².